The number of hydrogen-bond acceptors (Lipinski definition) is 4. The van der Waals surface area contributed by atoms with Gasteiger partial charge in [0.25, 0.3) is 5.69 Å². The molecule has 1 atom stereocenters. The Morgan fingerprint density at radius 1 is 1.37 bits per heavy atom. The molecule has 6 heteroatoms. The molecule has 0 aliphatic heterocycles. The first-order chi connectivity index (χ1) is 9.08. The average molecular weight is 260 g/mol. The molecule has 0 bridgehead atoms. The molecule has 1 heterocycles. The monoisotopic (exact) mass is 260 g/mol. The Morgan fingerprint density at radius 2 is 2.05 bits per heavy atom. The van der Waals surface area contributed by atoms with Crippen LogP contribution in [0.3, 0.4) is 0 Å². The fraction of sp³-hybridized carbons (Fsp3) is 0.308. The lowest BCUT2D eigenvalue weighted by Gasteiger charge is -2.14. The van der Waals surface area contributed by atoms with Gasteiger partial charge in [-0.25, -0.2) is 0 Å². The number of nitrogens with zero attached hydrogens (tertiary/aromatic N) is 3. The summed E-state index contributed by atoms with van der Waals surface area (Å²) in [6, 6.07) is 8.68. The number of nitro benzene ring substituents is 1. The highest BCUT2D eigenvalue weighted by molar-refractivity contribution is 5.34. The molecule has 2 rings (SSSR count). The molecule has 0 spiro atoms. The Hall–Kier alpha value is -2.21. The Labute approximate surface area is 111 Å². The Morgan fingerprint density at radius 3 is 2.58 bits per heavy atom. The molecule has 0 fully saturated rings. The number of nitro groups is 1. The number of aryl methyl sites for hydroxylation is 1. The van der Waals surface area contributed by atoms with Crippen LogP contribution in [0.5, 0.6) is 0 Å². The topological polar surface area (TPSA) is 73.0 Å². The third-order valence-corrected chi connectivity index (χ3v) is 3.12. The molecule has 2 aromatic rings. The van der Waals surface area contributed by atoms with Crippen LogP contribution in [-0.2, 0) is 13.6 Å². The van der Waals surface area contributed by atoms with Crippen LogP contribution in [0.4, 0.5) is 5.69 Å². The summed E-state index contributed by atoms with van der Waals surface area (Å²) in [4.78, 5) is 10.2. The summed E-state index contributed by atoms with van der Waals surface area (Å²) < 4.78 is 1.82. The number of rotatable bonds is 5. The summed E-state index contributed by atoms with van der Waals surface area (Å²) in [6.07, 6.45) is 1.76. The Balaban J connectivity index is 1.98. The highest BCUT2D eigenvalue weighted by Gasteiger charge is 2.09. The molecule has 19 heavy (non-hydrogen) atoms. The zero-order valence-corrected chi connectivity index (χ0v) is 10.9. The number of non-ortho nitro benzene ring substituents is 1. The van der Waals surface area contributed by atoms with Crippen molar-refractivity contribution in [1.82, 2.24) is 15.1 Å². The van der Waals surface area contributed by atoms with E-state index < -0.39 is 4.92 Å². The summed E-state index contributed by atoms with van der Waals surface area (Å²) in [7, 11) is 1.90. The third kappa shape index (κ3) is 3.17. The van der Waals surface area contributed by atoms with Crippen molar-refractivity contribution in [2.45, 2.75) is 19.5 Å². The third-order valence-electron chi connectivity index (χ3n) is 3.12. The lowest BCUT2D eigenvalue weighted by Crippen LogP contribution is -2.19. The number of hydrogen-bond donors (Lipinski definition) is 1. The van der Waals surface area contributed by atoms with Crippen molar-refractivity contribution in [2.24, 2.45) is 7.05 Å². The van der Waals surface area contributed by atoms with Crippen molar-refractivity contribution >= 4 is 5.69 Å². The molecule has 1 unspecified atom stereocenters. The summed E-state index contributed by atoms with van der Waals surface area (Å²) in [5.41, 5.74) is 2.23. The van der Waals surface area contributed by atoms with E-state index in [1.165, 1.54) is 12.1 Å². The van der Waals surface area contributed by atoms with Crippen molar-refractivity contribution in [1.29, 1.82) is 0 Å². The van der Waals surface area contributed by atoms with Crippen LogP contribution in [-0.4, -0.2) is 14.7 Å². The molecule has 0 saturated heterocycles. The molecule has 0 amide bonds. The quantitative estimate of drug-likeness (QED) is 0.660. The van der Waals surface area contributed by atoms with Gasteiger partial charge in [-0.1, -0.05) is 12.1 Å². The van der Waals surface area contributed by atoms with Crippen molar-refractivity contribution in [2.75, 3.05) is 0 Å². The second-order valence-corrected chi connectivity index (χ2v) is 4.40. The highest BCUT2D eigenvalue weighted by atomic mass is 16.6. The van der Waals surface area contributed by atoms with Gasteiger partial charge in [0.1, 0.15) is 0 Å². The number of nitrogens with one attached hydrogen (secondary N) is 1. The maximum atomic E-state index is 10.6. The first-order valence-electron chi connectivity index (χ1n) is 6.02. The molecule has 1 aromatic carbocycles. The van der Waals surface area contributed by atoms with Crippen molar-refractivity contribution < 1.29 is 4.92 Å². The molecule has 0 aliphatic rings. The first kappa shape index (κ1) is 13.2. The second kappa shape index (κ2) is 5.62. The average Bonchev–Trinajstić information content (AvgIpc) is 2.81. The van der Waals surface area contributed by atoms with E-state index in [1.54, 1.807) is 18.3 Å². The van der Waals surface area contributed by atoms with Crippen LogP contribution in [0.25, 0.3) is 0 Å². The van der Waals surface area contributed by atoms with E-state index in [4.69, 9.17) is 0 Å². The fourth-order valence-electron chi connectivity index (χ4n) is 1.83. The number of benzene rings is 1. The Kier molecular flexibility index (Phi) is 3.91. The van der Waals surface area contributed by atoms with Gasteiger partial charge in [-0.2, -0.15) is 5.10 Å². The first-order valence-corrected chi connectivity index (χ1v) is 6.02. The van der Waals surface area contributed by atoms with Crippen LogP contribution in [0.1, 0.15) is 24.2 Å². The molecular weight excluding hydrogens is 244 g/mol. The van der Waals surface area contributed by atoms with Gasteiger partial charge in [-0.3, -0.25) is 14.8 Å². The van der Waals surface area contributed by atoms with E-state index in [0.717, 1.165) is 11.3 Å². The van der Waals surface area contributed by atoms with Crippen LogP contribution in [0.15, 0.2) is 36.5 Å². The van der Waals surface area contributed by atoms with Crippen LogP contribution in [0, 0.1) is 10.1 Å². The van der Waals surface area contributed by atoms with Gasteiger partial charge in [-0.05, 0) is 18.6 Å². The van der Waals surface area contributed by atoms with Crippen molar-refractivity contribution in [3.63, 3.8) is 0 Å². The summed E-state index contributed by atoms with van der Waals surface area (Å²) in [6.45, 7) is 2.73. The standard InChI is InChI=1S/C13H16N4O2/c1-10(14-9-13-7-8-15-16(13)2)11-3-5-12(6-4-11)17(18)19/h3-8,10,14H,9H2,1-2H3. The minimum absolute atomic E-state index is 0.114. The zero-order chi connectivity index (χ0) is 13.8. The van der Waals surface area contributed by atoms with Crippen LogP contribution < -0.4 is 5.32 Å². The van der Waals surface area contributed by atoms with Gasteiger partial charge >= 0.3 is 0 Å². The minimum atomic E-state index is -0.391. The summed E-state index contributed by atoms with van der Waals surface area (Å²) in [5, 5.41) is 18.0. The minimum Gasteiger partial charge on any atom is -0.305 e. The zero-order valence-electron chi connectivity index (χ0n) is 10.9. The lowest BCUT2D eigenvalue weighted by atomic mass is 10.1. The van der Waals surface area contributed by atoms with Gasteiger partial charge in [-0.15, -0.1) is 0 Å². The molecule has 6 nitrogen and oxygen atoms in total. The lowest BCUT2D eigenvalue weighted by molar-refractivity contribution is -0.384. The largest absolute Gasteiger partial charge is 0.305 e. The number of aromatic nitrogens is 2. The van der Waals surface area contributed by atoms with Crippen molar-refractivity contribution in [3.8, 4) is 0 Å². The van der Waals surface area contributed by atoms with Gasteiger partial charge in [0.05, 0.1) is 10.6 Å². The molecule has 100 valence electrons. The van der Waals surface area contributed by atoms with E-state index >= 15 is 0 Å². The molecule has 0 saturated carbocycles. The van der Waals surface area contributed by atoms with Crippen LogP contribution >= 0.6 is 0 Å². The normalized spacial score (nSPS) is 12.3. The van der Waals surface area contributed by atoms with E-state index in [1.807, 2.05) is 24.7 Å². The maximum Gasteiger partial charge on any atom is 0.269 e. The Bertz CT molecular complexity index is 562. The highest BCUT2D eigenvalue weighted by Crippen LogP contribution is 2.17. The van der Waals surface area contributed by atoms with Crippen LogP contribution in [0.2, 0.25) is 0 Å². The molecule has 1 N–H and O–H groups in total. The SMILES string of the molecule is CC(NCc1ccnn1C)c1ccc([N+](=O)[O-])cc1. The van der Waals surface area contributed by atoms with E-state index in [-0.39, 0.29) is 11.7 Å². The second-order valence-electron chi connectivity index (χ2n) is 4.40. The van der Waals surface area contributed by atoms with Gasteiger partial charge in [0.15, 0.2) is 0 Å². The van der Waals surface area contributed by atoms with Gasteiger partial charge in [0.2, 0.25) is 0 Å². The smallest absolute Gasteiger partial charge is 0.269 e. The van der Waals surface area contributed by atoms with E-state index in [2.05, 4.69) is 10.4 Å². The maximum absolute atomic E-state index is 10.6. The predicted octanol–water partition coefficient (Wildman–Crippen LogP) is 2.18. The van der Waals surface area contributed by atoms with Crippen molar-refractivity contribution in [3.05, 3.63) is 57.9 Å². The van der Waals surface area contributed by atoms with E-state index in [9.17, 15) is 10.1 Å². The fourth-order valence-corrected chi connectivity index (χ4v) is 1.83. The van der Waals surface area contributed by atoms with Gasteiger partial charge < -0.3 is 5.32 Å². The molecule has 1 aromatic heterocycles. The summed E-state index contributed by atoms with van der Waals surface area (Å²) >= 11 is 0. The van der Waals surface area contributed by atoms with E-state index in [0.29, 0.717) is 6.54 Å². The predicted molar refractivity (Wildman–Crippen MR) is 71.6 cm³/mol. The van der Waals surface area contributed by atoms with Gasteiger partial charge in [0, 0.05) is 38.0 Å². The molecule has 0 radical (unpaired) electrons. The molecule has 0 aliphatic carbocycles. The molecular formula is C13H16N4O2. The summed E-state index contributed by atoms with van der Waals surface area (Å²) in [5.74, 6) is 0.